The summed E-state index contributed by atoms with van der Waals surface area (Å²) < 4.78 is 4.92. The largest absolute Gasteiger partial charge is 0.468 e. The fraction of sp³-hybridized carbons (Fsp3) is 0.588. The van der Waals surface area contributed by atoms with Gasteiger partial charge in [0.25, 0.3) is 0 Å². The van der Waals surface area contributed by atoms with E-state index in [0.717, 1.165) is 18.0 Å². The van der Waals surface area contributed by atoms with Gasteiger partial charge in [-0.05, 0) is 41.8 Å². The van der Waals surface area contributed by atoms with Gasteiger partial charge in [-0.15, -0.1) is 0 Å². The Labute approximate surface area is 121 Å². The summed E-state index contributed by atoms with van der Waals surface area (Å²) in [6.45, 7) is 7.45. The van der Waals surface area contributed by atoms with Gasteiger partial charge in [-0.2, -0.15) is 0 Å². The van der Waals surface area contributed by atoms with Gasteiger partial charge in [-0.25, -0.2) is 4.79 Å². The number of carbonyl (C=O) groups excluding carboxylic acids is 1. The van der Waals surface area contributed by atoms with Crippen LogP contribution in [0.1, 0.15) is 50.8 Å². The first kappa shape index (κ1) is 15.0. The highest BCUT2D eigenvalue weighted by Crippen LogP contribution is 2.29. The van der Waals surface area contributed by atoms with Crippen LogP contribution in [0, 0.1) is 5.92 Å². The van der Waals surface area contributed by atoms with Crippen LogP contribution in [0.3, 0.4) is 0 Å². The maximum atomic E-state index is 11.9. The SMILES string of the molecule is COC(=O)C(NCC1CC1)c1ccc(C(C)(C)C)cc1. The summed E-state index contributed by atoms with van der Waals surface area (Å²) in [5.74, 6) is 0.519. The lowest BCUT2D eigenvalue weighted by molar-refractivity contribution is -0.143. The Morgan fingerprint density at radius 3 is 2.35 bits per heavy atom. The van der Waals surface area contributed by atoms with Crippen molar-refractivity contribution in [2.24, 2.45) is 5.92 Å². The molecule has 0 spiro atoms. The first-order valence-electron chi connectivity index (χ1n) is 7.33. The van der Waals surface area contributed by atoms with Crippen molar-refractivity contribution in [3.63, 3.8) is 0 Å². The third-order valence-electron chi connectivity index (χ3n) is 3.85. The summed E-state index contributed by atoms with van der Waals surface area (Å²) in [7, 11) is 1.44. The van der Waals surface area contributed by atoms with E-state index in [9.17, 15) is 4.79 Å². The molecule has 20 heavy (non-hydrogen) atoms. The van der Waals surface area contributed by atoms with Gasteiger partial charge < -0.3 is 10.1 Å². The van der Waals surface area contributed by atoms with Crippen LogP contribution >= 0.6 is 0 Å². The van der Waals surface area contributed by atoms with Crippen molar-refractivity contribution in [1.82, 2.24) is 5.32 Å². The van der Waals surface area contributed by atoms with E-state index in [4.69, 9.17) is 4.74 Å². The number of benzene rings is 1. The van der Waals surface area contributed by atoms with Gasteiger partial charge in [0.15, 0.2) is 0 Å². The zero-order chi connectivity index (χ0) is 14.8. The summed E-state index contributed by atoms with van der Waals surface area (Å²) in [4.78, 5) is 11.9. The molecule has 0 aliphatic heterocycles. The van der Waals surface area contributed by atoms with Gasteiger partial charge in [-0.3, -0.25) is 0 Å². The number of carbonyl (C=O) groups is 1. The van der Waals surface area contributed by atoms with E-state index >= 15 is 0 Å². The maximum absolute atomic E-state index is 11.9. The second-order valence-electron chi connectivity index (χ2n) is 6.68. The maximum Gasteiger partial charge on any atom is 0.327 e. The van der Waals surface area contributed by atoms with Gasteiger partial charge in [0.2, 0.25) is 0 Å². The average molecular weight is 275 g/mol. The number of ether oxygens (including phenoxy) is 1. The van der Waals surface area contributed by atoms with Crippen molar-refractivity contribution in [2.45, 2.75) is 45.1 Å². The Balaban J connectivity index is 2.12. The minimum absolute atomic E-state index is 0.126. The molecule has 0 bridgehead atoms. The smallest absolute Gasteiger partial charge is 0.327 e. The molecule has 0 amide bonds. The topological polar surface area (TPSA) is 38.3 Å². The van der Waals surface area contributed by atoms with Gasteiger partial charge in [0, 0.05) is 0 Å². The molecule has 3 heteroatoms. The molecule has 2 rings (SSSR count). The second-order valence-corrected chi connectivity index (χ2v) is 6.68. The highest BCUT2D eigenvalue weighted by molar-refractivity contribution is 5.77. The lowest BCUT2D eigenvalue weighted by atomic mass is 9.86. The van der Waals surface area contributed by atoms with E-state index in [1.165, 1.54) is 25.5 Å². The first-order chi connectivity index (χ1) is 9.41. The Kier molecular flexibility index (Phi) is 4.48. The van der Waals surface area contributed by atoms with E-state index in [0.29, 0.717) is 0 Å². The van der Waals surface area contributed by atoms with Crippen LogP contribution in [0.4, 0.5) is 0 Å². The van der Waals surface area contributed by atoms with Crippen molar-refractivity contribution in [2.75, 3.05) is 13.7 Å². The number of methoxy groups -OCH3 is 1. The molecule has 0 radical (unpaired) electrons. The molecular formula is C17H25NO2. The fourth-order valence-electron chi connectivity index (χ4n) is 2.24. The van der Waals surface area contributed by atoms with E-state index < -0.39 is 0 Å². The predicted molar refractivity (Wildman–Crippen MR) is 80.6 cm³/mol. The predicted octanol–water partition coefficient (Wildman–Crippen LogP) is 3.20. The summed E-state index contributed by atoms with van der Waals surface area (Å²) >= 11 is 0. The first-order valence-corrected chi connectivity index (χ1v) is 7.33. The molecule has 1 aromatic carbocycles. The number of nitrogens with one attached hydrogen (secondary N) is 1. The molecule has 1 aliphatic rings. The number of hydrogen-bond donors (Lipinski definition) is 1. The minimum atomic E-state index is -0.352. The van der Waals surface area contributed by atoms with Crippen molar-refractivity contribution in [3.05, 3.63) is 35.4 Å². The molecule has 1 unspecified atom stereocenters. The highest BCUT2D eigenvalue weighted by atomic mass is 16.5. The summed E-state index contributed by atoms with van der Waals surface area (Å²) in [5, 5.41) is 3.33. The molecule has 3 nitrogen and oxygen atoms in total. The van der Waals surface area contributed by atoms with E-state index in [2.05, 4.69) is 38.2 Å². The normalized spacial score (nSPS) is 16.8. The molecule has 1 fully saturated rings. The fourth-order valence-corrected chi connectivity index (χ4v) is 2.24. The van der Waals surface area contributed by atoms with Crippen LogP contribution in [-0.2, 0) is 14.9 Å². The van der Waals surface area contributed by atoms with Gasteiger partial charge in [0.1, 0.15) is 6.04 Å². The molecule has 1 atom stereocenters. The molecule has 110 valence electrons. The quantitative estimate of drug-likeness (QED) is 0.839. The molecule has 1 N–H and O–H groups in total. The van der Waals surface area contributed by atoms with Gasteiger partial charge in [0.05, 0.1) is 7.11 Å². The van der Waals surface area contributed by atoms with Crippen LogP contribution in [0.15, 0.2) is 24.3 Å². The molecule has 1 aliphatic carbocycles. The second kappa shape index (κ2) is 5.96. The van der Waals surface area contributed by atoms with Crippen LogP contribution in [0.25, 0.3) is 0 Å². The summed E-state index contributed by atoms with van der Waals surface area (Å²) in [5.41, 5.74) is 2.37. The Hall–Kier alpha value is -1.35. The molecule has 0 saturated heterocycles. The van der Waals surface area contributed by atoms with Crippen LogP contribution in [-0.4, -0.2) is 19.6 Å². The zero-order valence-corrected chi connectivity index (χ0v) is 12.9. The van der Waals surface area contributed by atoms with Gasteiger partial charge >= 0.3 is 5.97 Å². The lowest BCUT2D eigenvalue weighted by Crippen LogP contribution is -2.31. The molecular weight excluding hydrogens is 250 g/mol. The summed E-state index contributed by atoms with van der Waals surface area (Å²) in [6, 6.07) is 7.91. The monoisotopic (exact) mass is 275 g/mol. The van der Waals surface area contributed by atoms with E-state index in [1.54, 1.807) is 0 Å². The van der Waals surface area contributed by atoms with E-state index in [1.807, 2.05) is 12.1 Å². The number of esters is 1. The van der Waals surface area contributed by atoms with Crippen molar-refractivity contribution < 1.29 is 9.53 Å². The van der Waals surface area contributed by atoms with Gasteiger partial charge in [-0.1, -0.05) is 45.0 Å². The number of hydrogen-bond acceptors (Lipinski definition) is 3. The van der Waals surface area contributed by atoms with Crippen LogP contribution in [0.2, 0.25) is 0 Å². The van der Waals surface area contributed by atoms with Crippen molar-refractivity contribution in [3.8, 4) is 0 Å². The zero-order valence-electron chi connectivity index (χ0n) is 12.9. The Morgan fingerprint density at radius 2 is 1.90 bits per heavy atom. The average Bonchev–Trinajstić information content (AvgIpc) is 3.22. The Morgan fingerprint density at radius 1 is 1.30 bits per heavy atom. The molecule has 1 aromatic rings. The highest BCUT2D eigenvalue weighted by Gasteiger charge is 2.26. The molecule has 1 saturated carbocycles. The van der Waals surface area contributed by atoms with Crippen molar-refractivity contribution >= 4 is 5.97 Å². The standard InChI is InChI=1S/C17H25NO2/c1-17(2,3)14-9-7-13(8-10-14)15(16(19)20-4)18-11-12-5-6-12/h7-10,12,15,18H,5-6,11H2,1-4H3. The third kappa shape index (κ3) is 3.83. The van der Waals surface area contributed by atoms with E-state index in [-0.39, 0.29) is 17.4 Å². The van der Waals surface area contributed by atoms with Crippen LogP contribution < -0.4 is 5.32 Å². The van der Waals surface area contributed by atoms with Crippen molar-refractivity contribution in [1.29, 1.82) is 0 Å². The third-order valence-corrected chi connectivity index (χ3v) is 3.85. The molecule has 0 aromatic heterocycles. The number of rotatable bonds is 5. The lowest BCUT2D eigenvalue weighted by Gasteiger charge is -2.21. The molecule has 0 heterocycles. The van der Waals surface area contributed by atoms with Crippen LogP contribution in [0.5, 0.6) is 0 Å². The Bertz CT molecular complexity index is 455. The minimum Gasteiger partial charge on any atom is -0.468 e. The summed E-state index contributed by atoms with van der Waals surface area (Å²) in [6.07, 6.45) is 2.54.